The molecule has 0 saturated heterocycles. The van der Waals surface area contributed by atoms with Gasteiger partial charge in [-0.3, -0.25) is 9.10 Å². The van der Waals surface area contributed by atoms with Crippen LogP contribution in [0.5, 0.6) is 0 Å². The molecule has 166 valence electrons. The van der Waals surface area contributed by atoms with E-state index in [0.717, 1.165) is 36.9 Å². The molecule has 1 saturated carbocycles. The fourth-order valence-corrected chi connectivity index (χ4v) is 5.99. The molecule has 0 bridgehead atoms. The number of amides is 1. The van der Waals surface area contributed by atoms with E-state index in [1.807, 2.05) is 42.2 Å². The largest absolute Gasteiger partial charge is 0.312 e. The third kappa shape index (κ3) is 4.10. The number of anilines is 2. The Labute approximate surface area is 186 Å². The lowest BCUT2D eigenvalue weighted by Crippen LogP contribution is -2.37. The van der Waals surface area contributed by atoms with Gasteiger partial charge < -0.3 is 4.90 Å². The van der Waals surface area contributed by atoms with Gasteiger partial charge in [-0.15, -0.1) is 0 Å². The first kappa shape index (κ1) is 21.9. The molecule has 2 aliphatic rings. The molecule has 0 unspecified atom stereocenters. The number of hydrogen-bond acceptors (Lipinski definition) is 3. The molecule has 0 aromatic heterocycles. The van der Waals surface area contributed by atoms with Crippen LogP contribution in [0.25, 0.3) is 0 Å². The van der Waals surface area contributed by atoms with Crippen molar-refractivity contribution in [2.24, 2.45) is 5.92 Å². The first-order chi connectivity index (χ1) is 14.8. The Balaban J connectivity index is 1.63. The Hall–Kier alpha value is -2.34. The Morgan fingerprint density at radius 3 is 2.42 bits per heavy atom. The quantitative estimate of drug-likeness (QED) is 0.601. The van der Waals surface area contributed by atoms with Crippen LogP contribution in [0.15, 0.2) is 47.4 Å². The third-order valence-corrected chi connectivity index (χ3v) is 8.35. The van der Waals surface area contributed by atoms with Crippen LogP contribution in [0.4, 0.5) is 11.4 Å². The zero-order valence-electron chi connectivity index (χ0n) is 18.7. The van der Waals surface area contributed by atoms with Gasteiger partial charge in [-0.25, -0.2) is 8.42 Å². The molecule has 31 heavy (non-hydrogen) atoms. The van der Waals surface area contributed by atoms with E-state index in [-0.39, 0.29) is 11.8 Å². The molecule has 1 heterocycles. The summed E-state index contributed by atoms with van der Waals surface area (Å²) in [6.45, 7) is 7.30. The van der Waals surface area contributed by atoms with E-state index in [0.29, 0.717) is 36.0 Å². The molecule has 1 amide bonds. The molecular formula is C25H32N2O3S. The molecule has 0 N–H and O–H groups in total. The summed E-state index contributed by atoms with van der Waals surface area (Å²) in [7, 11) is -3.69. The van der Waals surface area contributed by atoms with Crippen molar-refractivity contribution in [3.05, 3.63) is 53.6 Å². The number of carbonyl (C=O) groups is 1. The molecule has 1 fully saturated rings. The first-order valence-corrected chi connectivity index (χ1v) is 12.8. The van der Waals surface area contributed by atoms with E-state index in [4.69, 9.17) is 0 Å². The molecule has 4 rings (SSSR count). The second-order valence-corrected chi connectivity index (χ2v) is 10.8. The van der Waals surface area contributed by atoms with Crippen molar-refractivity contribution < 1.29 is 13.2 Å². The first-order valence-electron chi connectivity index (χ1n) is 11.4. The number of benzene rings is 2. The standard InChI is InChI=1S/C25H32N2O3S/c1-4-15-27(22-10-8-19(9-11-22)18(2)3)31(29,30)23-12-13-24-21(17-23)14-16-26(24)25(28)20-6-5-7-20/h8-13,17-18,20H,4-7,14-16H2,1-3H3. The summed E-state index contributed by atoms with van der Waals surface area (Å²) in [6, 6.07) is 13.0. The van der Waals surface area contributed by atoms with Gasteiger partial charge in [0, 0.05) is 24.7 Å². The number of fused-ring (bicyclic) bond motifs is 1. The van der Waals surface area contributed by atoms with Gasteiger partial charge in [-0.2, -0.15) is 0 Å². The Kier molecular flexibility index (Phi) is 6.11. The molecule has 2 aromatic carbocycles. The highest BCUT2D eigenvalue weighted by molar-refractivity contribution is 7.92. The van der Waals surface area contributed by atoms with Crippen molar-refractivity contribution in [2.45, 2.75) is 63.7 Å². The van der Waals surface area contributed by atoms with Gasteiger partial charge in [-0.05, 0) is 73.1 Å². The Morgan fingerprint density at radius 2 is 1.84 bits per heavy atom. The van der Waals surface area contributed by atoms with E-state index >= 15 is 0 Å². The highest BCUT2D eigenvalue weighted by Gasteiger charge is 2.34. The van der Waals surface area contributed by atoms with Gasteiger partial charge in [0.2, 0.25) is 5.91 Å². The van der Waals surface area contributed by atoms with Crippen molar-refractivity contribution in [2.75, 3.05) is 22.3 Å². The highest BCUT2D eigenvalue weighted by atomic mass is 32.2. The molecule has 0 spiro atoms. The molecule has 1 aliphatic heterocycles. The lowest BCUT2D eigenvalue weighted by molar-refractivity contribution is -0.124. The van der Waals surface area contributed by atoms with Crippen LogP contribution in [0, 0.1) is 5.92 Å². The van der Waals surface area contributed by atoms with Crippen molar-refractivity contribution >= 4 is 27.3 Å². The van der Waals surface area contributed by atoms with Gasteiger partial charge in [0.15, 0.2) is 0 Å². The zero-order valence-corrected chi connectivity index (χ0v) is 19.5. The average molecular weight is 441 g/mol. The van der Waals surface area contributed by atoms with Crippen LogP contribution >= 0.6 is 0 Å². The summed E-state index contributed by atoms with van der Waals surface area (Å²) in [6.07, 6.45) is 4.49. The Morgan fingerprint density at radius 1 is 1.13 bits per heavy atom. The lowest BCUT2D eigenvalue weighted by Gasteiger charge is -2.29. The Bertz CT molecular complexity index is 1060. The van der Waals surface area contributed by atoms with Crippen LogP contribution < -0.4 is 9.21 Å². The van der Waals surface area contributed by atoms with Gasteiger partial charge in [-0.1, -0.05) is 39.3 Å². The molecular weight excluding hydrogens is 408 g/mol. The summed E-state index contributed by atoms with van der Waals surface area (Å²) in [5, 5.41) is 0. The minimum absolute atomic E-state index is 0.142. The molecule has 6 heteroatoms. The highest BCUT2D eigenvalue weighted by Crippen LogP contribution is 2.36. The molecule has 0 radical (unpaired) electrons. The van der Waals surface area contributed by atoms with Crippen LogP contribution in [0.1, 0.15) is 63.5 Å². The maximum atomic E-state index is 13.6. The number of carbonyl (C=O) groups excluding carboxylic acids is 1. The predicted octanol–water partition coefficient (Wildman–Crippen LogP) is 5.10. The number of sulfonamides is 1. The van der Waals surface area contributed by atoms with Crippen molar-refractivity contribution in [1.29, 1.82) is 0 Å². The SMILES string of the molecule is CCCN(c1ccc(C(C)C)cc1)S(=O)(=O)c1ccc2c(c1)CCN2C(=O)C1CCC1. The zero-order chi connectivity index (χ0) is 22.2. The summed E-state index contributed by atoms with van der Waals surface area (Å²) in [5.41, 5.74) is 3.69. The minimum atomic E-state index is -3.69. The number of rotatable bonds is 7. The summed E-state index contributed by atoms with van der Waals surface area (Å²) in [5.74, 6) is 0.731. The van der Waals surface area contributed by atoms with E-state index in [1.54, 1.807) is 12.1 Å². The molecule has 2 aromatic rings. The monoisotopic (exact) mass is 440 g/mol. The second kappa shape index (κ2) is 8.65. The summed E-state index contributed by atoms with van der Waals surface area (Å²) < 4.78 is 28.6. The van der Waals surface area contributed by atoms with E-state index in [9.17, 15) is 13.2 Å². The molecule has 5 nitrogen and oxygen atoms in total. The maximum absolute atomic E-state index is 13.6. The smallest absolute Gasteiger partial charge is 0.264 e. The predicted molar refractivity (Wildman–Crippen MR) is 125 cm³/mol. The average Bonchev–Trinajstić information content (AvgIpc) is 3.14. The van der Waals surface area contributed by atoms with Crippen molar-refractivity contribution in [3.63, 3.8) is 0 Å². The normalized spacial score (nSPS) is 16.3. The fourth-order valence-electron chi connectivity index (χ4n) is 4.39. The van der Waals surface area contributed by atoms with Gasteiger partial charge in [0.25, 0.3) is 10.0 Å². The van der Waals surface area contributed by atoms with E-state index < -0.39 is 10.0 Å². The van der Waals surface area contributed by atoms with Gasteiger partial charge in [0.05, 0.1) is 10.6 Å². The molecule has 1 aliphatic carbocycles. The third-order valence-electron chi connectivity index (χ3n) is 6.53. The van der Waals surface area contributed by atoms with Crippen LogP contribution in [-0.2, 0) is 21.2 Å². The number of hydrogen-bond donors (Lipinski definition) is 0. The second-order valence-electron chi connectivity index (χ2n) is 8.98. The van der Waals surface area contributed by atoms with Crippen molar-refractivity contribution in [3.8, 4) is 0 Å². The van der Waals surface area contributed by atoms with E-state index in [1.165, 1.54) is 9.87 Å². The van der Waals surface area contributed by atoms with Crippen molar-refractivity contribution in [1.82, 2.24) is 0 Å². The van der Waals surface area contributed by atoms with Gasteiger partial charge in [0.1, 0.15) is 0 Å². The van der Waals surface area contributed by atoms with E-state index in [2.05, 4.69) is 13.8 Å². The molecule has 0 atom stereocenters. The summed E-state index contributed by atoms with van der Waals surface area (Å²) >= 11 is 0. The van der Waals surface area contributed by atoms with Crippen LogP contribution in [0.2, 0.25) is 0 Å². The van der Waals surface area contributed by atoms with Gasteiger partial charge >= 0.3 is 0 Å². The van der Waals surface area contributed by atoms with Crippen LogP contribution in [0.3, 0.4) is 0 Å². The topological polar surface area (TPSA) is 57.7 Å². The summed E-state index contributed by atoms with van der Waals surface area (Å²) in [4.78, 5) is 14.9. The maximum Gasteiger partial charge on any atom is 0.264 e. The lowest BCUT2D eigenvalue weighted by atomic mass is 9.84. The van der Waals surface area contributed by atoms with Crippen LogP contribution in [-0.4, -0.2) is 27.4 Å². The fraction of sp³-hybridized carbons (Fsp3) is 0.480. The number of nitrogens with zero attached hydrogens (tertiary/aromatic N) is 2. The minimum Gasteiger partial charge on any atom is -0.312 e.